The van der Waals surface area contributed by atoms with Crippen LogP contribution in [-0.2, 0) is 9.47 Å². The van der Waals surface area contributed by atoms with Gasteiger partial charge in [0.2, 0.25) is 6.29 Å². The second-order valence-corrected chi connectivity index (χ2v) is 11.6. The van der Waals surface area contributed by atoms with Crippen LogP contribution in [0, 0.1) is 23.2 Å². The van der Waals surface area contributed by atoms with E-state index in [0.29, 0.717) is 25.2 Å². The highest BCUT2D eigenvalue weighted by molar-refractivity contribution is 5.29. The molecule has 0 N–H and O–H groups in total. The molecule has 5 aliphatic carbocycles. The van der Waals surface area contributed by atoms with E-state index >= 15 is 0 Å². The highest BCUT2D eigenvalue weighted by Crippen LogP contribution is 2.61. The van der Waals surface area contributed by atoms with E-state index in [1.165, 1.54) is 82.6 Å². The van der Waals surface area contributed by atoms with Gasteiger partial charge in [0.25, 0.3) is 0 Å². The van der Waals surface area contributed by atoms with Crippen LogP contribution in [0.5, 0.6) is 5.75 Å². The Morgan fingerprint density at radius 3 is 2.09 bits per heavy atom. The van der Waals surface area contributed by atoms with E-state index in [4.69, 9.17) is 14.2 Å². The Kier molecular flexibility index (Phi) is 7.14. The summed E-state index contributed by atoms with van der Waals surface area (Å²) in [5.41, 5.74) is 1.60. The highest BCUT2D eigenvalue weighted by atomic mass is 16.7. The molecule has 0 heterocycles. The van der Waals surface area contributed by atoms with E-state index in [1.54, 1.807) is 0 Å². The molecule has 2 unspecified atom stereocenters. The van der Waals surface area contributed by atoms with E-state index in [1.807, 2.05) is 0 Å². The van der Waals surface area contributed by atoms with Crippen molar-refractivity contribution in [2.45, 2.75) is 109 Å². The smallest absolute Gasteiger partial charge is 0.205 e. The van der Waals surface area contributed by atoms with Gasteiger partial charge in [-0.05, 0) is 99.2 Å². The van der Waals surface area contributed by atoms with Gasteiger partial charge < -0.3 is 14.2 Å². The van der Waals surface area contributed by atoms with Crippen LogP contribution in [-0.4, -0.2) is 25.6 Å². The molecule has 3 heteroatoms. The van der Waals surface area contributed by atoms with E-state index in [-0.39, 0.29) is 11.7 Å². The van der Waals surface area contributed by atoms with E-state index < -0.39 is 0 Å². The van der Waals surface area contributed by atoms with Crippen molar-refractivity contribution < 1.29 is 14.2 Å². The van der Waals surface area contributed by atoms with Crippen LogP contribution in [0.25, 0.3) is 0 Å². The third-order valence-corrected chi connectivity index (χ3v) is 9.15. The third-order valence-electron chi connectivity index (χ3n) is 9.15. The zero-order valence-corrected chi connectivity index (χ0v) is 20.4. The molecule has 2 atom stereocenters. The fourth-order valence-corrected chi connectivity index (χ4v) is 7.64. The molecule has 0 saturated heterocycles. The predicted octanol–water partition coefficient (Wildman–Crippen LogP) is 7.49. The van der Waals surface area contributed by atoms with Crippen molar-refractivity contribution >= 4 is 0 Å². The summed E-state index contributed by atoms with van der Waals surface area (Å²) in [6.07, 6.45) is 16.1. The molecule has 1 aromatic rings. The number of rotatable bonds is 10. The molecule has 5 saturated carbocycles. The fraction of sp³-hybridized carbons (Fsp3) is 0.793. The first kappa shape index (κ1) is 22.7. The van der Waals surface area contributed by atoms with Gasteiger partial charge in [-0.3, -0.25) is 0 Å². The van der Waals surface area contributed by atoms with Crippen LogP contribution >= 0.6 is 0 Å². The van der Waals surface area contributed by atoms with Crippen molar-refractivity contribution in [3.05, 3.63) is 29.8 Å². The average molecular weight is 441 g/mol. The molecule has 0 radical (unpaired) electrons. The maximum absolute atomic E-state index is 6.68. The molecule has 6 rings (SSSR count). The molecule has 5 fully saturated rings. The topological polar surface area (TPSA) is 27.7 Å². The Labute approximate surface area is 195 Å². The number of hydrogen-bond acceptors (Lipinski definition) is 3. The molecular formula is C29H44O3. The van der Waals surface area contributed by atoms with Gasteiger partial charge in [-0.1, -0.05) is 45.2 Å². The van der Waals surface area contributed by atoms with Crippen LogP contribution in [0.15, 0.2) is 24.3 Å². The van der Waals surface area contributed by atoms with Gasteiger partial charge in [0.05, 0.1) is 19.3 Å². The average Bonchev–Trinajstić information content (AvgIpc) is 2.80. The Balaban J connectivity index is 1.25. The first-order chi connectivity index (χ1) is 15.6. The summed E-state index contributed by atoms with van der Waals surface area (Å²) >= 11 is 0. The second-order valence-electron chi connectivity index (χ2n) is 11.6. The molecule has 4 bridgehead atoms. The summed E-state index contributed by atoms with van der Waals surface area (Å²) in [4.78, 5) is 0. The SMILES string of the molecule is CCC(C)c1ccc(OC(OCCOC2CCCCC2)C23CC4CC(CC(C4)C2)C3)cc1. The van der Waals surface area contributed by atoms with Crippen molar-refractivity contribution in [3.8, 4) is 5.75 Å². The summed E-state index contributed by atoms with van der Waals surface area (Å²) in [7, 11) is 0. The molecule has 0 spiro atoms. The molecule has 1 aromatic carbocycles. The summed E-state index contributed by atoms with van der Waals surface area (Å²) in [5, 5.41) is 0. The summed E-state index contributed by atoms with van der Waals surface area (Å²) in [6.45, 7) is 5.89. The van der Waals surface area contributed by atoms with Crippen LogP contribution in [0.2, 0.25) is 0 Å². The Bertz CT molecular complexity index is 685. The van der Waals surface area contributed by atoms with Crippen molar-refractivity contribution in [2.24, 2.45) is 23.2 Å². The maximum atomic E-state index is 6.68. The van der Waals surface area contributed by atoms with Crippen LogP contribution in [0.1, 0.15) is 102 Å². The fourth-order valence-electron chi connectivity index (χ4n) is 7.64. The number of benzene rings is 1. The zero-order chi connectivity index (χ0) is 22.0. The minimum atomic E-state index is -0.139. The van der Waals surface area contributed by atoms with Gasteiger partial charge in [-0.15, -0.1) is 0 Å². The minimum absolute atomic E-state index is 0.139. The van der Waals surface area contributed by atoms with Gasteiger partial charge in [-0.25, -0.2) is 0 Å². The lowest BCUT2D eigenvalue weighted by atomic mass is 9.49. The minimum Gasteiger partial charge on any atom is -0.464 e. The van der Waals surface area contributed by atoms with Crippen LogP contribution in [0.4, 0.5) is 0 Å². The van der Waals surface area contributed by atoms with Crippen molar-refractivity contribution in [1.29, 1.82) is 0 Å². The van der Waals surface area contributed by atoms with Gasteiger partial charge in [0, 0.05) is 5.41 Å². The number of hydrogen-bond donors (Lipinski definition) is 0. The van der Waals surface area contributed by atoms with Gasteiger partial charge in [0.15, 0.2) is 0 Å². The lowest BCUT2D eigenvalue weighted by molar-refractivity contribution is -0.220. The van der Waals surface area contributed by atoms with E-state index in [0.717, 1.165) is 23.5 Å². The first-order valence-electron chi connectivity index (χ1n) is 13.6. The molecule has 32 heavy (non-hydrogen) atoms. The predicted molar refractivity (Wildman–Crippen MR) is 129 cm³/mol. The van der Waals surface area contributed by atoms with Crippen LogP contribution in [0.3, 0.4) is 0 Å². The van der Waals surface area contributed by atoms with Gasteiger partial charge >= 0.3 is 0 Å². The first-order valence-corrected chi connectivity index (χ1v) is 13.6. The Morgan fingerprint density at radius 2 is 1.50 bits per heavy atom. The largest absolute Gasteiger partial charge is 0.464 e. The molecule has 5 aliphatic rings. The normalized spacial score (nSPS) is 33.9. The summed E-state index contributed by atoms with van der Waals surface area (Å²) in [5.74, 6) is 4.23. The Hall–Kier alpha value is -1.06. The van der Waals surface area contributed by atoms with Gasteiger partial charge in [-0.2, -0.15) is 0 Å². The van der Waals surface area contributed by atoms with Crippen molar-refractivity contribution in [2.75, 3.05) is 13.2 Å². The molecule has 0 aliphatic heterocycles. The number of ether oxygens (including phenoxy) is 3. The summed E-state index contributed by atoms with van der Waals surface area (Å²) in [6, 6.07) is 8.81. The maximum Gasteiger partial charge on any atom is 0.205 e. The lowest BCUT2D eigenvalue weighted by Gasteiger charge is -2.58. The molecule has 0 aromatic heterocycles. The molecule has 0 amide bonds. The van der Waals surface area contributed by atoms with Crippen LogP contribution < -0.4 is 4.74 Å². The zero-order valence-electron chi connectivity index (χ0n) is 20.4. The quantitative estimate of drug-likeness (QED) is 0.279. The lowest BCUT2D eigenvalue weighted by Crippen LogP contribution is -2.54. The van der Waals surface area contributed by atoms with Crippen molar-refractivity contribution in [3.63, 3.8) is 0 Å². The van der Waals surface area contributed by atoms with Crippen molar-refractivity contribution in [1.82, 2.24) is 0 Å². The highest BCUT2D eigenvalue weighted by Gasteiger charge is 2.55. The third kappa shape index (κ3) is 5.04. The summed E-state index contributed by atoms with van der Waals surface area (Å²) < 4.78 is 19.4. The molecule has 3 nitrogen and oxygen atoms in total. The van der Waals surface area contributed by atoms with E-state index in [9.17, 15) is 0 Å². The monoisotopic (exact) mass is 440 g/mol. The van der Waals surface area contributed by atoms with E-state index in [2.05, 4.69) is 38.1 Å². The van der Waals surface area contributed by atoms with Gasteiger partial charge in [0.1, 0.15) is 5.75 Å². The Morgan fingerprint density at radius 1 is 0.875 bits per heavy atom. The molecule has 178 valence electrons. The molecular weight excluding hydrogens is 396 g/mol. The standard InChI is InChI=1S/C29H44O3/c1-3-21(2)25-9-11-27(12-10-25)32-28(31-14-13-30-26-7-5-4-6-8-26)29-18-22-15-23(19-29)17-24(16-22)20-29/h9-12,21-24,26,28H,3-8,13-20H2,1-2H3. The second kappa shape index (κ2) is 10.1.